The fraction of sp³-hybridized carbons (Fsp3) is 0.0833. The topological polar surface area (TPSA) is 136 Å². The highest BCUT2D eigenvalue weighted by Gasteiger charge is 2.32. The monoisotopic (exact) mass is 323 g/mol. The fourth-order valence-electron chi connectivity index (χ4n) is 1.38. The minimum absolute atomic E-state index is 0.385. The predicted octanol–water partition coefficient (Wildman–Crippen LogP) is 2.73. The Bertz CT molecular complexity index is 780. The van der Waals surface area contributed by atoms with Crippen LogP contribution in [0.1, 0.15) is 0 Å². The molecular formula is C12H4F3N5O3. The van der Waals surface area contributed by atoms with E-state index in [1.165, 1.54) is 18.2 Å². The van der Waals surface area contributed by atoms with Crippen LogP contribution in [0.15, 0.2) is 29.5 Å². The lowest BCUT2D eigenvalue weighted by molar-refractivity contribution is -0.384. The lowest BCUT2D eigenvalue weighted by Gasteiger charge is -2.10. The summed E-state index contributed by atoms with van der Waals surface area (Å²) < 4.78 is 39.9. The van der Waals surface area contributed by atoms with Crippen molar-refractivity contribution in [1.82, 2.24) is 0 Å². The van der Waals surface area contributed by atoms with Gasteiger partial charge in [-0.05, 0) is 12.1 Å². The first-order chi connectivity index (χ1) is 10.7. The zero-order valence-electron chi connectivity index (χ0n) is 10.9. The van der Waals surface area contributed by atoms with Gasteiger partial charge >= 0.3 is 6.36 Å². The highest BCUT2D eigenvalue weighted by atomic mass is 19.4. The highest BCUT2D eigenvalue weighted by molar-refractivity contribution is 5.69. The van der Waals surface area contributed by atoms with Gasteiger partial charge in [0.15, 0.2) is 5.57 Å². The molecule has 8 nitrogen and oxygen atoms in total. The first kappa shape index (κ1) is 17.3. The molecule has 0 aliphatic carbocycles. The van der Waals surface area contributed by atoms with Gasteiger partial charge in [0.2, 0.25) is 0 Å². The number of nitriles is 3. The molecule has 0 fully saturated rings. The molecule has 1 aromatic carbocycles. The number of hydrogen-bond acceptors (Lipinski definition) is 7. The fourth-order valence-corrected chi connectivity index (χ4v) is 1.38. The van der Waals surface area contributed by atoms with E-state index in [4.69, 9.17) is 15.8 Å². The lowest BCUT2D eigenvalue weighted by atomic mass is 10.2. The van der Waals surface area contributed by atoms with Gasteiger partial charge in [0.1, 0.15) is 35.3 Å². The number of nitrogens with one attached hydrogen (secondary N) is 1. The van der Waals surface area contributed by atoms with Gasteiger partial charge in [-0.15, -0.1) is 13.2 Å². The van der Waals surface area contributed by atoms with E-state index in [0.29, 0.717) is 6.07 Å². The number of allylic oxidation sites excluding steroid dienone is 2. The number of anilines is 1. The van der Waals surface area contributed by atoms with Crippen LogP contribution in [-0.4, -0.2) is 11.3 Å². The summed E-state index contributed by atoms with van der Waals surface area (Å²) in [7, 11) is 0. The molecule has 0 heterocycles. The Labute approximate surface area is 126 Å². The van der Waals surface area contributed by atoms with Crippen LogP contribution in [0.25, 0.3) is 0 Å². The Morgan fingerprint density at radius 3 is 2.26 bits per heavy atom. The molecule has 0 aromatic heterocycles. The maximum absolute atomic E-state index is 12.1. The molecule has 23 heavy (non-hydrogen) atoms. The molecule has 0 radical (unpaired) electrons. The van der Waals surface area contributed by atoms with Gasteiger partial charge < -0.3 is 10.1 Å². The second-order valence-electron chi connectivity index (χ2n) is 3.69. The third kappa shape index (κ3) is 4.62. The van der Waals surface area contributed by atoms with Crippen LogP contribution in [0.4, 0.5) is 24.5 Å². The zero-order valence-corrected chi connectivity index (χ0v) is 10.9. The molecule has 0 atom stereocenters. The summed E-state index contributed by atoms with van der Waals surface area (Å²) in [5.41, 5.74) is -2.45. The second kappa shape index (κ2) is 6.78. The highest BCUT2D eigenvalue weighted by Crippen LogP contribution is 2.32. The Balaban J connectivity index is 3.32. The molecule has 11 heteroatoms. The van der Waals surface area contributed by atoms with Crippen molar-refractivity contribution in [2.75, 3.05) is 5.32 Å². The van der Waals surface area contributed by atoms with Gasteiger partial charge in [-0.3, -0.25) is 10.1 Å². The molecule has 0 saturated carbocycles. The molecule has 0 amide bonds. The van der Waals surface area contributed by atoms with E-state index in [-0.39, 0.29) is 5.69 Å². The maximum atomic E-state index is 12.1. The molecule has 0 spiro atoms. The van der Waals surface area contributed by atoms with Gasteiger partial charge in [0.05, 0.1) is 11.0 Å². The van der Waals surface area contributed by atoms with E-state index >= 15 is 0 Å². The number of hydrogen-bond donors (Lipinski definition) is 1. The van der Waals surface area contributed by atoms with Crippen molar-refractivity contribution in [3.63, 3.8) is 0 Å². The van der Waals surface area contributed by atoms with Crippen LogP contribution in [0, 0.1) is 44.1 Å². The molecule has 0 bridgehead atoms. The summed E-state index contributed by atoms with van der Waals surface area (Å²) in [5.74, 6) is -0.835. The lowest BCUT2D eigenvalue weighted by Crippen LogP contribution is -2.17. The van der Waals surface area contributed by atoms with E-state index in [0.717, 1.165) is 12.1 Å². The molecule has 1 rings (SSSR count). The van der Waals surface area contributed by atoms with Gasteiger partial charge in [-0.2, -0.15) is 15.8 Å². The second-order valence-corrected chi connectivity index (χ2v) is 3.69. The SMILES string of the molecule is N#CC(C#N)=C(C#N)Nc1ccc(OC(F)(F)F)cc1[N+](=O)[O-]. The molecule has 0 saturated heterocycles. The van der Waals surface area contributed by atoms with Crippen molar-refractivity contribution < 1.29 is 22.8 Å². The maximum Gasteiger partial charge on any atom is 0.573 e. The first-order valence-corrected chi connectivity index (χ1v) is 5.47. The van der Waals surface area contributed by atoms with Crippen LogP contribution in [0.2, 0.25) is 0 Å². The van der Waals surface area contributed by atoms with Crippen molar-refractivity contribution in [3.05, 3.63) is 39.6 Å². The number of rotatable bonds is 4. The number of ether oxygens (including phenoxy) is 1. The van der Waals surface area contributed by atoms with Gasteiger partial charge in [-0.1, -0.05) is 0 Å². The zero-order chi connectivity index (χ0) is 17.6. The van der Waals surface area contributed by atoms with Gasteiger partial charge in [0.25, 0.3) is 5.69 Å². The van der Waals surface area contributed by atoms with E-state index in [1.807, 2.05) is 0 Å². The average molecular weight is 323 g/mol. The largest absolute Gasteiger partial charge is 0.573 e. The number of nitrogens with zero attached hydrogens (tertiary/aromatic N) is 4. The van der Waals surface area contributed by atoms with Gasteiger partial charge in [0, 0.05) is 0 Å². The average Bonchev–Trinajstić information content (AvgIpc) is 2.46. The Hall–Kier alpha value is -3.78. The molecule has 0 unspecified atom stereocenters. The Morgan fingerprint density at radius 2 is 1.83 bits per heavy atom. The minimum atomic E-state index is -5.03. The predicted molar refractivity (Wildman–Crippen MR) is 67.3 cm³/mol. The summed E-state index contributed by atoms with van der Waals surface area (Å²) in [6, 6.07) is 6.38. The van der Waals surface area contributed by atoms with Crippen LogP contribution in [-0.2, 0) is 0 Å². The van der Waals surface area contributed by atoms with Crippen molar-refractivity contribution >= 4 is 11.4 Å². The first-order valence-electron chi connectivity index (χ1n) is 5.47. The van der Waals surface area contributed by atoms with Gasteiger partial charge in [-0.25, -0.2) is 0 Å². The number of nitro benzene ring substituents is 1. The molecule has 0 aliphatic heterocycles. The smallest absolute Gasteiger partial charge is 0.406 e. The van der Waals surface area contributed by atoms with E-state index in [9.17, 15) is 23.3 Å². The standard InChI is InChI=1S/C12H4F3N5O3/c13-12(14,15)23-8-1-2-9(11(3-8)20(21)22)19-10(6-18)7(4-16)5-17/h1-3,19H. The van der Waals surface area contributed by atoms with Crippen LogP contribution in [0.5, 0.6) is 5.75 Å². The van der Waals surface area contributed by atoms with Crippen molar-refractivity contribution in [2.24, 2.45) is 0 Å². The molecule has 1 N–H and O–H groups in total. The summed E-state index contributed by atoms with van der Waals surface area (Å²) in [6.45, 7) is 0. The number of alkyl halides is 3. The van der Waals surface area contributed by atoms with Crippen LogP contribution >= 0.6 is 0 Å². The quantitative estimate of drug-likeness (QED) is 0.511. The molecular weight excluding hydrogens is 319 g/mol. The summed E-state index contributed by atoms with van der Waals surface area (Å²) in [6.07, 6.45) is -5.03. The van der Waals surface area contributed by atoms with E-state index in [2.05, 4.69) is 10.1 Å². The normalized spacial score (nSPS) is 9.74. The Morgan fingerprint density at radius 1 is 1.22 bits per heavy atom. The molecule has 1 aromatic rings. The van der Waals surface area contributed by atoms with Crippen molar-refractivity contribution in [3.8, 4) is 24.0 Å². The summed E-state index contributed by atoms with van der Waals surface area (Å²) >= 11 is 0. The third-order valence-corrected chi connectivity index (χ3v) is 2.24. The summed E-state index contributed by atoms with van der Waals surface area (Å²) in [5, 5.41) is 39.2. The number of halogens is 3. The van der Waals surface area contributed by atoms with Crippen molar-refractivity contribution in [1.29, 1.82) is 15.8 Å². The van der Waals surface area contributed by atoms with Crippen molar-refractivity contribution in [2.45, 2.75) is 6.36 Å². The van der Waals surface area contributed by atoms with Crippen LogP contribution in [0.3, 0.4) is 0 Å². The van der Waals surface area contributed by atoms with Crippen LogP contribution < -0.4 is 10.1 Å². The van der Waals surface area contributed by atoms with E-state index in [1.54, 1.807) is 0 Å². The minimum Gasteiger partial charge on any atom is -0.406 e. The number of benzene rings is 1. The third-order valence-electron chi connectivity index (χ3n) is 2.24. The molecule has 116 valence electrons. The van der Waals surface area contributed by atoms with E-state index < -0.39 is 34.0 Å². The number of nitro groups is 1. The summed E-state index contributed by atoms with van der Waals surface area (Å²) in [4.78, 5) is 9.90. The Kier molecular flexibility index (Phi) is 5.09. The molecule has 0 aliphatic rings.